The minimum atomic E-state index is -0.247. The largest absolute Gasteiger partial charge is 0.382 e. The highest BCUT2D eigenvalue weighted by Gasteiger charge is 2.17. The van der Waals surface area contributed by atoms with E-state index in [1.165, 1.54) is 11.3 Å². The van der Waals surface area contributed by atoms with Crippen molar-refractivity contribution in [1.82, 2.24) is 29.9 Å². The quantitative estimate of drug-likeness (QED) is 0.314. The van der Waals surface area contributed by atoms with Crippen LogP contribution >= 0.6 is 11.3 Å². The first-order valence-corrected chi connectivity index (χ1v) is 12.2. The SMILES string of the molecule is N#Cc1c(CCCNC(=O)c2csc(-c3cnn(-c4ccccc4)c3)n2)nn(-c2ccccc2)c1N. The fourth-order valence-electron chi connectivity index (χ4n) is 3.76. The number of nitriles is 1. The molecule has 0 atom stereocenters. The predicted octanol–water partition coefficient (Wildman–Crippen LogP) is 4.00. The minimum absolute atomic E-state index is 0.247. The summed E-state index contributed by atoms with van der Waals surface area (Å²) in [6.45, 7) is 0.417. The van der Waals surface area contributed by atoms with Gasteiger partial charge in [-0.25, -0.2) is 14.3 Å². The molecule has 0 aliphatic heterocycles. The van der Waals surface area contributed by atoms with Crippen LogP contribution in [-0.4, -0.2) is 37.0 Å². The number of benzene rings is 2. The standard InChI is InChI=1S/C26H22N8OS/c27-14-21-22(32-34(24(21)28)20-10-5-2-6-11-20)12-7-13-29-25(35)23-17-36-26(31-23)18-15-30-33(16-18)19-8-3-1-4-9-19/h1-6,8-11,15-17H,7,12-13,28H2,(H,29,35). The van der Waals surface area contributed by atoms with Crippen molar-refractivity contribution in [1.29, 1.82) is 5.26 Å². The summed E-state index contributed by atoms with van der Waals surface area (Å²) in [5.41, 5.74) is 10.1. The first-order valence-electron chi connectivity index (χ1n) is 11.3. The molecular weight excluding hydrogens is 472 g/mol. The third-order valence-corrected chi connectivity index (χ3v) is 6.46. The van der Waals surface area contributed by atoms with Gasteiger partial charge < -0.3 is 11.1 Å². The predicted molar refractivity (Wildman–Crippen MR) is 138 cm³/mol. The molecule has 178 valence electrons. The molecule has 2 aromatic carbocycles. The Kier molecular flexibility index (Phi) is 6.55. The van der Waals surface area contributed by atoms with Gasteiger partial charge in [-0.2, -0.15) is 15.5 Å². The van der Waals surface area contributed by atoms with E-state index in [4.69, 9.17) is 5.73 Å². The molecule has 0 radical (unpaired) electrons. The van der Waals surface area contributed by atoms with Crippen molar-refractivity contribution in [3.05, 3.63) is 95.4 Å². The maximum atomic E-state index is 12.6. The second kappa shape index (κ2) is 10.2. The molecule has 3 heterocycles. The first kappa shape index (κ1) is 23.0. The van der Waals surface area contributed by atoms with E-state index in [9.17, 15) is 10.1 Å². The molecule has 5 aromatic rings. The van der Waals surface area contributed by atoms with E-state index in [0.29, 0.717) is 42.2 Å². The average Bonchev–Trinajstić information content (AvgIpc) is 3.66. The summed E-state index contributed by atoms with van der Waals surface area (Å²) in [5, 5.41) is 23.8. The Labute approximate surface area is 211 Å². The molecule has 0 saturated heterocycles. The van der Waals surface area contributed by atoms with Gasteiger partial charge in [-0.3, -0.25) is 4.79 Å². The molecule has 0 spiro atoms. The molecule has 0 unspecified atom stereocenters. The van der Waals surface area contributed by atoms with Gasteiger partial charge in [0.05, 0.1) is 23.3 Å². The van der Waals surface area contributed by atoms with Crippen LogP contribution in [0.15, 0.2) is 78.4 Å². The summed E-state index contributed by atoms with van der Waals surface area (Å²) in [4.78, 5) is 17.1. The lowest BCUT2D eigenvalue weighted by atomic mass is 10.1. The number of thiazole rings is 1. The highest BCUT2D eigenvalue weighted by Crippen LogP contribution is 2.24. The van der Waals surface area contributed by atoms with Crippen LogP contribution in [0.5, 0.6) is 0 Å². The Bertz CT molecular complexity index is 1530. The lowest BCUT2D eigenvalue weighted by Crippen LogP contribution is -2.25. The highest BCUT2D eigenvalue weighted by atomic mass is 32.1. The summed E-state index contributed by atoms with van der Waals surface area (Å²) in [6, 6.07) is 21.4. The van der Waals surface area contributed by atoms with Crippen molar-refractivity contribution in [2.24, 2.45) is 0 Å². The highest BCUT2D eigenvalue weighted by molar-refractivity contribution is 7.13. The van der Waals surface area contributed by atoms with Gasteiger partial charge in [0.15, 0.2) is 0 Å². The summed E-state index contributed by atoms with van der Waals surface area (Å²) >= 11 is 1.39. The average molecular weight is 495 g/mol. The molecule has 0 aliphatic carbocycles. The van der Waals surface area contributed by atoms with Gasteiger partial charge in [-0.1, -0.05) is 36.4 Å². The maximum Gasteiger partial charge on any atom is 0.270 e. The van der Waals surface area contributed by atoms with Crippen molar-refractivity contribution < 1.29 is 4.79 Å². The van der Waals surface area contributed by atoms with E-state index in [-0.39, 0.29) is 5.91 Å². The topological polar surface area (TPSA) is 127 Å². The number of amides is 1. The van der Waals surface area contributed by atoms with Crippen LogP contribution in [0.4, 0.5) is 5.82 Å². The lowest BCUT2D eigenvalue weighted by Gasteiger charge is -2.03. The van der Waals surface area contributed by atoms with Crippen LogP contribution in [0, 0.1) is 11.3 Å². The van der Waals surface area contributed by atoms with E-state index >= 15 is 0 Å². The van der Waals surface area contributed by atoms with Crippen molar-refractivity contribution in [2.75, 3.05) is 12.3 Å². The molecule has 36 heavy (non-hydrogen) atoms. The van der Waals surface area contributed by atoms with Crippen molar-refractivity contribution >= 4 is 23.1 Å². The monoisotopic (exact) mass is 494 g/mol. The van der Waals surface area contributed by atoms with Gasteiger partial charge >= 0.3 is 0 Å². The van der Waals surface area contributed by atoms with Crippen LogP contribution in [0.2, 0.25) is 0 Å². The van der Waals surface area contributed by atoms with Gasteiger partial charge in [-0.05, 0) is 37.1 Å². The zero-order valence-corrected chi connectivity index (χ0v) is 20.0. The molecule has 1 amide bonds. The Morgan fingerprint density at radius 1 is 1.08 bits per heavy atom. The minimum Gasteiger partial charge on any atom is -0.382 e. The summed E-state index contributed by atoms with van der Waals surface area (Å²) in [7, 11) is 0. The molecular formula is C26H22N8OS. The fourth-order valence-corrected chi connectivity index (χ4v) is 4.53. The van der Waals surface area contributed by atoms with Crippen LogP contribution in [0.1, 0.15) is 28.2 Å². The number of carbonyl (C=O) groups is 1. The third-order valence-electron chi connectivity index (χ3n) is 5.57. The number of anilines is 1. The van der Waals surface area contributed by atoms with Crippen molar-refractivity contribution in [3.63, 3.8) is 0 Å². The number of para-hydroxylation sites is 2. The smallest absolute Gasteiger partial charge is 0.270 e. The Morgan fingerprint density at radius 2 is 1.81 bits per heavy atom. The Balaban J connectivity index is 1.18. The molecule has 0 fully saturated rings. The number of nitrogens with two attached hydrogens (primary N) is 1. The van der Waals surface area contributed by atoms with E-state index in [1.807, 2.05) is 66.9 Å². The van der Waals surface area contributed by atoms with Crippen LogP contribution in [0.25, 0.3) is 21.9 Å². The van der Waals surface area contributed by atoms with Gasteiger partial charge in [0.1, 0.15) is 28.2 Å². The van der Waals surface area contributed by atoms with Gasteiger partial charge in [-0.15, -0.1) is 11.3 Å². The molecule has 3 N–H and O–H groups in total. The van der Waals surface area contributed by atoms with Gasteiger partial charge in [0.2, 0.25) is 0 Å². The fraction of sp³-hybridized carbons (Fsp3) is 0.115. The van der Waals surface area contributed by atoms with E-state index < -0.39 is 0 Å². The number of aryl methyl sites for hydroxylation is 1. The lowest BCUT2D eigenvalue weighted by molar-refractivity contribution is 0.0949. The second-order valence-electron chi connectivity index (χ2n) is 7.97. The van der Waals surface area contributed by atoms with E-state index in [0.717, 1.165) is 21.9 Å². The number of carbonyl (C=O) groups excluding carboxylic acids is 1. The van der Waals surface area contributed by atoms with E-state index in [2.05, 4.69) is 26.6 Å². The normalized spacial score (nSPS) is 10.8. The number of nitrogens with zero attached hydrogens (tertiary/aromatic N) is 6. The first-order chi connectivity index (χ1) is 17.6. The number of hydrogen-bond donors (Lipinski definition) is 2. The molecule has 0 bridgehead atoms. The van der Waals surface area contributed by atoms with Crippen molar-refractivity contribution in [3.8, 4) is 28.0 Å². The Hall–Kier alpha value is -4.75. The second-order valence-corrected chi connectivity index (χ2v) is 8.83. The summed E-state index contributed by atoms with van der Waals surface area (Å²) < 4.78 is 3.35. The third kappa shape index (κ3) is 4.73. The molecule has 3 aromatic heterocycles. The summed E-state index contributed by atoms with van der Waals surface area (Å²) in [6.07, 6.45) is 4.74. The molecule has 5 rings (SSSR count). The van der Waals surface area contributed by atoms with Crippen LogP contribution < -0.4 is 11.1 Å². The van der Waals surface area contributed by atoms with Crippen molar-refractivity contribution in [2.45, 2.75) is 12.8 Å². The number of aromatic nitrogens is 5. The number of nitrogen functional groups attached to an aromatic ring is 1. The van der Waals surface area contributed by atoms with E-state index in [1.54, 1.807) is 20.9 Å². The number of nitrogens with one attached hydrogen (secondary N) is 1. The molecule has 0 aliphatic rings. The molecule has 9 nitrogen and oxygen atoms in total. The number of hydrogen-bond acceptors (Lipinski definition) is 7. The number of rotatable bonds is 8. The molecule has 0 saturated carbocycles. The zero-order chi connectivity index (χ0) is 24.9. The van der Waals surface area contributed by atoms with Gasteiger partial charge in [0, 0.05) is 23.7 Å². The molecule has 10 heteroatoms. The Morgan fingerprint density at radius 3 is 2.53 bits per heavy atom. The summed E-state index contributed by atoms with van der Waals surface area (Å²) in [5.74, 6) is 0.0658. The van der Waals surface area contributed by atoms with Gasteiger partial charge in [0.25, 0.3) is 5.91 Å². The van der Waals surface area contributed by atoms with Crippen LogP contribution in [-0.2, 0) is 6.42 Å². The zero-order valence-electron chi connectivity index (χ0n) is 19.2. The maximum absolute atomic E-state index is 12.6. The van der Waals surface area contributed by atoms with Crippen LogP contribution in [0.3, 0.4) is 0 Å².